The molecule has 10 nitrogen and oxygen atoms in total. The predicted molar refractivity (Wildman–Crippen MR) is 113 cm³/mol. The maximum atomic E-state index is 12.7. The van der Waals surface area contributed by atoms with E-state index < -0.39 is 42.0 Å². The minimum absolute atomic E-state index is 0.228. The van der Waals surface area contributed by atoms with Crippen LogP contribution in [0.2, 0.25) is 0 Å². The van der Waals surface area contributed by atoms with E-state index in [1.165, 1.54) is 26.4 Å². The zero-order chi connectivity index (χ0) is 23.8. The molecule has 0 spiro atoms. The van der Waals surface area contributed by atoms with Gasteiger partial charge in [-0.25, -0.2) is 9.59 Å². The quantitative estimate of drug-likeness (QED) is 0.527. The highest BCUT2D eigenvalue weighted by Crippen LogP contribution is 2.22. The molecule has 1 aromatic rings. The van der Waals surface area contributed by atoms with E-state index in [0.29, 0.717) is 11.5 Å². The Balaban J connectivity index is 2.75. The molecule has 0 aliphatic rings. The molecule has 0 fully saturated rings. The number of rotatable bonds is 8. The molecule has 10 heteroatoms. The lowest BCUT2D eigenvalue weighted by Crippen LogP contribution is -2.50. The summed E-state index contributed by atoms with van der Waals surface area (Å²) in [5.74, 6) is -1.62. The molecule has 0 bridgehead atoms. The molecule has 3 N–H and O–H groups in total. The summed E-state index contributed by atoms with van der Waals surface area (Å²) in [4.78, 5) is 48.7. The van der Waals surface area contributed by atoms with E-state index in [1.807, 2.05) is 0 Å². The average molecular weight is 437 g/mol. The topological polar surface area (TPSA) is 132 Å². The van der Waals surface area contributed by atoms with Gasteiger partial charge in [0.1, 0.15) is 17.5 Å². The first kappa shape index (κ1) is 25.7. The summed E-state index contributed by atoms with van der Waals surface area (Å²) in [5.41, 5.74) is -0.303. The lowest BCUT2D eigenvalue weighted by Gasteiger charge is -2.22. The van der Waals surface area contributed by atoms with Crippen LogP contribution in [-0.4, -0.2) is 56.2 Å². The molecule has 0 aliphatic carbocycles. The highest BCUT2D eigenvalue weighted by atomic mass is 16.5. The molecular formula is C21H31N3O7. The van der Waals surface area contributed by atoms with Crippen molar-refractivity contribution in [1.82, 2.24) is 16.0 Å². The Hall–Kier alpha value is -3.30. The number of hydrogen-bond donors (Lipinski definition) is 3. The van der Waals surface area contributed by atoms with Gasteiger partial charge < -0.3 is 24.8 Å². The van der Waals surface area contributed by atoms with Crippen LogP contribution >= 0.6 is 0 Å². The lowest BCUT2D eigenvalue weighted by atomic mass is 10.0. The van der Waals surface area contributed by atoms with Gasteiger partial charge in [-0.05, 0) is 38.8 Å². The molecule has 1 atom stereocenters. The molecule has 1 aromatic carbocycles. The number of esters is 1. The maximum absolute atomic E-state index is 12.7. The van der Waals surface area contributed by atoms with E-state index in [0.717, 1.165) is 0 Å². The van der Waals surface area contributed by atoms with Crippen molar-refractivity contribution in [1.29, 1.82) is 0 Å². The van der Waals surface area contributed by atoms with Gasteiger partial charge in [0, 0.05) is 17.2 Å². The number of carbonyl (C=O) groups is 4. The van der Waals surface area contributed by atoms with Gasteiger partial charge >= 0.3 is 12.0 Å². The Kier molecular flexibility index (Phi) is 9.29. The van der Waals surface area contributed by atoms with Crippen molar-refractivity contribution in [2.45, 2.75) is 46.2 Å². The van der Waals surface area contributed by atoms with E-state index in [4.69, 9.17) is 14.2 Å². The summed E-state index contributed by atoms with van der Waals surface area (Å²) in [6, 6.07) is 2.90. The van der Waals surface area contributed by atoms with Crippen molar-refractivity contribution < 1.29 is 33.4 Å². The summed E-state index contributed by atoms with van der Waals surface area (Å²) in [5, 5.41) is 7.22. The Labute approximate surface area is 182 Å². The second kappa shape index (κ2) is 11.2. The monoisotopic (exact) mass is 437 g/mol. The van der Waals surface area contributed by atoms with Gasteiger partial charge in [-0.1, -0.05) is 13.8 Å². The normalized spacial score (nSPS) is 11.9. The summed E-state index contributed by atoms with van der Waals surface area (Å²) in [6.07, 6.45) is 0. The maximum Gasteiger partial charge on any atom is 0.329 e. The number of benzene rings is 1. The Morgan fingerprint density at radius 2 is 1.52 bits per heavy atom. The highest BCUT2D eigenvalue weighted by molar-refractivity contribution is 5.98. The molecular weight excluding hydrogens is 406 g/mol. The first-order valence-electron chi connectivity index (χ1n) is 9.69. The van der Waals surface area contributed by atoms with Gasteiger partial charge in [0.2, 0.25) is 0 Å². The van der Waals surface area contributed by atoms with Gasteiger partial charge in [-0.2, -0.15) is 0 Å². The first-order valence-corrected chi connectivity index (χ1v) is 9.69. The van der Waals surface area contributed by atoms with Crippen LogP contribution in [0.1, 0.15) is 45.0 Å². The second-order valence-corrected chi connectivity index (χ2v) is 8.16. The van der Waals surface area contributed by atoms with Gasteiger partial charge in [0.05, 0.1) is 14.2 Å². The number of amides is 4. The third kappa shape index (κ3) is 8.93. The number of nitrogens with one attached hydrogen (secondary N) is 3. The third-order valence-electron chi connectivity index (χ3n) is 3.91. The third-order valence-corrected chi connectivity index (χ3v) is 3.91. The molecule has 0 saturated carbocycles. The molecule has 0 heterocycles. The molecule has 0 unspecified atom stereocenters. The standard InChI is InChI=1S/C21H31N3O7/c1-12(2)17(19(27)31-11-16(25)22-20(28)24-21(3,4)5)23-18(26)13-8-14(29-6)10-15(9-13)30-7/h8-10,12,17H,11H2,1-7H3,(H,23,26)(H2,22,24,25,28)/t17-/m0/s1. The van der Waals surface area contributed by atoms with Crippen LogP contribution < -0.4 is 25.4 Å². The lowest BCUT2D eigenvalue weighted by molar-refractivity contribution is -0.151. The Morgan fingerprint density at radius 3 is 1.97 bits per heavy atom. The summed E-state index contributed by atoms with van der Waals surface area (Å²) < 4.78 is 15.3. The molecule has 0 aromatic heterocycles. The van der Waals surface area contributed by atoms with E-state index in [9.17, 15) is 19.2 Å². The SMILES string of the molecule is COc1cc(OC)cc(C(=O)N[C@H](C(=O)OCC(=O)NC(=O)NC(C)(C)C)C(C)C)c1. The van der Waals surface area contributed by atoms with E-state index in [2.05, 4.69) is 16.0 Å². The van der Waals surface area contributed by atoms with Crippen LogP contribution in [0, 0.1) is 5.92 Å². The number of carbonyl (C=O) groups excluding carboxylic acids is 4. The molecule has 31 heavy (non-hydrogen) atoms. The van der Waals surface area contributed by atoms with Crippen molar-refractivity contribution in [3.05, 3.63) is 23.8 Å². The summed E-state index contributed by atoms with van der Waals surface area (Å²) in [7, 11) is 2.91. The van der Waals surface area contributed by atoms with Crippen molar-refractivity contribution >= 4 is 23.8 Å². The van der Waals surface area contributed by atoms with E-state index in [-0.39, 0.29) is 11.5 Å². The Morgan fingerprint density at radius 1 is 0.968 bits per heavy atom. The van der Waals surface area contributed by atoms with E-state index in [1.54, 1.807) is 40.7 Å². The number of hydrogen-bond acceptors (Lipinski definition) is 7. The zero-order valence-corrected chi connectivity index (χ0v) is 19.0. The number of urea groups is 1. The molecule has 0 aliphatic heterocycles. The molecule has 0 saturated heterocycles. The minimum Gasteiger partial charge on any atom is -0.497 e. The Bertz CT molecular complexity index is 793. The smallest absolute Gasteiger partial charge is 0.329 e. The van der Waals surface area contributed by atoms with Crippen LogP contribution in [0.5, 0.6) is 11.5 Å². The second-order valence-electron chi connectivity index (χ2n) is 8.16. The van der Waals surface area contributed by atoms with Crippen molar-refractivity contribution in [3.8, 4) is 11.5 Å². The number of methoxy groups -OCH3 is 2. The van der Waals surface area contributed by atoms with Gasteiger partial charge in [0.15, 0.2) is 6.61 Å². The molecule has 172 valence electrons. The van der Waals surface area contributed by atoms with Crippen molar-refractivity contribution in [2.24, 2.45) is 5.92 Å². The van der Waals surface area contributed by atoms with Crippen LogP contribution in [-0.2, 0) is 14.3 Å². The van der Waals surface area contributed by atoms with Crippen LogP contribution in [0.25, 0.3) is 0 Å². The summed E-state index contributed by atoms with van der Waals surface area (Å²) >= 11 is 0. The zero-order valence-electron chi connectivity index (χ0n) is 19.0. The van der Waals surface area contributed by atoms with Crippen molar-refractivity contribution in [3.63, 3.8) is 0 Å². The largest absolute Gasteiger partial charge is 0.497 e. The van der Waals surface area contributed by atoms with Crippen LogP contribution in [0.4, 0.5) is 4.79 Å². The fourth-order valence-corrected chi connectivity index (χ4v) is 2.42. The van der Waals surface area contributed by atoms with Crippen LogP contribution in [0.15, 0.2) is 18.2 Å². The molecule has 0 radical (unpaired) electrons. The number of ether oxygens (including phenoxy) is 3. The van der Waals surface area contributed by atoms with Gasteiger partial charge in [-0.15, -0.1) is 0 Å². The first-order chi connectivity index (χ1) is 14.4. The van der Waals surface area contributed by atoms with Gasteiger partial charge in [-0.3, -0.25) is 14.9 Å². The molecule has 4 amide bonds. The summed E-state index contributed by atoms with van der Waals surface area (Å²) in [6.45, 7) is 8.04. The molecule has 1 rings (SSSR count). The fraction of sp³-hybridized carbons (Fsp3) is 0.524. The van der Waals surface area contributed by atoms with E-state index >= 15 is 0 Å². The number of imide groups is 1. The highest BCUT2D eigenvalue weighted by Gasteiger charge is 2.27. The predicted octanol–water partition coefficient (Wildman–Crippen LogP) is 1.63. The minimum atomic E-state index is -1.01. The van der Waals surface area contributed by atoms with Crippen LogP contribution in [0.3, 0.4) is 0 Å². The van der Waals surface area contributed by atoms with Gasteiger partial charge in [0.25, 0.3) is 11.8 Å². The van der Waals surface area contributed by atoms with Crippen molar-refractivity contribution in [2.75, 3.05) is 20.8 Å². The fourth-order valence-electron chi connectivity index (χ4n) is 2.42. The average Bonchev–Trinajstić information content (AvgIpc) is 2.67.